The zero-order chi connectivity index (χ0) is 23.4. The van der Waals surface area contributed by atoms with Gasteiger partial charge in [0.25, 0.3) is 11.8 Å². The number of rotatable bonds is 5. The maximum absolute atomic E-state index is 13.6. The fraction of sp³-hybridized carbons (Fsp3) is 0.250. The van der Waals surface area contributed by atoms with Crippen molar-refractivity contribution >= 4 is 18.0 Å². The summed E-state index contributed by atoms with van der Waals surface area (Å²) in [6.45, 7) is 2.39. The lowest BCUT2D eigenvalue weighted by Crippen LogP contribution is -2.41. The zero-order valence-corrected chi connectivity index (χ0v) is 19.0. The van der Waals surface area contributed by atoms with Crippen molar-refractivity contribution in [1.82, 2.24) is 5.01 Å². The van der Waals surface area contributed by atoms with Crippen LogP contribution in [0.15, 0.2) is 71.8 Å². The van der Waals surface area contributed by atoms with Crippen molar-refractivity contribution in [1.29, 1.82) is 0 Å². The lowest BCUT2D eigenvalue weighted by molar-refractivity contribution is -0.139. The van der Waals surface area contributed by atoms with Gasteiger partial charge in [-0.2, -0.15) is 10.1 Å². The predicted molar refractivity (Wildman–Crippen MR) is 127 cm³/mol. The molecule has 3 aromatic carbocycles. The molecule has 170 valence electrons. The molecule has 6 heteroatoms. The molecule has 4 aliphatic rings. The number of amides is 2. The van der Waals surface area contributed by atoms with Gasteiger partial charge in [-0.1, -0.05) is 48.5 Å². The molecule has 0 unspecified atom stereocenters. The predicted octanol–water partition coefficient (Wildman–Crippen LogP) is 4.32. The van der Waals surface area contributed by atoms with Crippen molar-refractivity contribution in [2.45, 2.75) is 18.8 Å². The number of hydrazone groups is 1. The van der Waals surface area contributed by atoms with Crippen LogP contribution in [0.3, 0.4) is 0 Å². The Morgan fingerprint density at radius 2 is 1.35 bits per heavy atom. The van der Waals surface area contributed by atoms with E-state index in [2.05, 4.69) is 29.4 Å². The van der Waals surface area contributed by atoms with Crippen LogP contribution in [-0.2, 0) is 9.59 Å². The molecular formula is C28H24N2O4. The molecular weight excluding hydrogens is 428 g/mol. The Bertz CT molecular complexity index is 1230. The van der Waals surface area contributed by atoms with E-state index in [0.717, 1.165) is 27.3 Å². The van der Waals surface area contributed by atoms with Crippen LogP contribution < -0.4 is 9.47 Å². The van der Waals surface area contributed by atoms with Crippen LogP contribution in [0.5, 0.6) is 11.5 Å². The first kappa shape index (κ1) is 20.7. The first-order chi connectivity index (χ1) is 16.6. The van der Waals surface area contributed by atoms with Crippen molar-refractivity contribution in [3.05, 3.63) is 94.5 Å². The van der Waals surface area contributed by atoms with Gasteiger partial charge in [0, 0.05) is 11.8 Å². The molecule has 3 aromatic rings. The molecule has 7 rings (SSSR count). The van der Waals surface area contributed by atoms with Gasteiger partial charge in [0.05, 0.1) is 31.8 Å². The number of carbonyl (C=O) groups excluding carboxylic acids is 2. The number of carbonyl (C=O) groups is 2. The van der Waals surface area contributed by atoms with E-state index in [0.29, 0.717) is 23.7 Å². The highest BCUT2D eigenvalue weighted by molar-refractivity contribution is 6.08. The number of hydrogen-bond acceptors (Lipinski definition) is 5. The van der Waals surface area contributed by atoms with Crippen molar-refractivity contribution < 1.29 is 19.1 Å². The van der Waals surface area contributed by atoms with Gasteiger partial charge in [-0.05, 0) is 52.9 Å². The minimum atomic E-state index is -0.436. The monoisotopic (exact) mass is 452 g/mol. The molecule has 0 radical (unpaired) electrons. The number of nitrogens with zero attached hydrogens (tertiary/aromatic N) is 2. The maximum atomic E-state index is 13.6. The van der Waals surface area contributed by atoms with Crippen molar-refractivity contribution in [3.63, 3.8) is 0 Å². The fourth-order valence-corrected chi connectivity index (χ4v) is 5.94. The van der Waals surface area contributed by atoms with Crippen molar-refractivity contribution in [3.8, 4) is 11.5 Å². The Balaban J connectivity index is 1.38. The van der Waals surface area contributed by atoms with Crippen LogP contribution in [-0.4, -0.2) is 36.8 Å². The van der Waals surface area contributed by atoms with E-state index in [1.54, 1.807) is 19.2 Å². The first-order valence-corrected chi connectivity index (χ1v) is 11.5. The molecule has 2 amide bonds. The quantitative estimate of drug-likeness (QED) is 0.427. The molecule has 2 bridgehead atoms. The largest absolute Gasteiger partial charge is 0.493 e. The number of methoxy groups -OCH3 is 1. The van der Waals surface area contributed by atoms with Crippen LogP contribution in [0.4, 0.5) is 0 Å². The summed E-state index contributed by atoms with van der Waals surface area (Å²) in [5.41, 5.74) is 5.31. The highest BCUT2D eigenvalue weighted by Gasteiger charge is 2.61. The van der Waals surface area contributed by atoms with Gasteiger partial charge >= 0.3 is 0 Å². The molecule has 1 aliphatic heterocycles. The van der Waals surface area contributed by atoms with E-state index < -0.39 is 11.8 Å². The summed E-state index contributed by atoms with van der Waals surface area (Å²) in [7, 11) is 1.58. The molecule has 0 saturated carbocycles. The molecule has 34 heavy (non-hydrogen) atoms. The molecule has 6 nitrogen and oxygen atoms in total. The van der Waals surface area contributed by atoms with E-state index >= 15 is 0 Å². The molecule has 1 saturated heterocycles. The molecule has 0 spiro atoms. The SMILES string of the molecule is CCOc1cc(/C=N\N2C(=O)[C@H]3C4c5ccccc5C(c5ccccc54)[C@@H]3C2=O)ccc1OC. The lowest BCUT2D eigenvalue weighted by Gasteiger charge is -2.45. The summed E-state index contributed by atoms with van der Waals surface area (Å²) >= 11 is 0. The maximum Gasteiger partial charge on any atom is 0.254 e. The number of ether oxygens (including phenoxy) is 2. The van der Waals surface area contributed by atoms with Gasteiger partial charge in [-0.3, -0.25) is 9.59 Å². The minimum absolute atomic E-state index is 0.135. The lowest BCUT2D eigenvalue weighted by atomic mass is 9.55. The zero-order valence-electron chi connectivity index (χ0n) is 19.0. The molecule has 2 atom stereocenters. The van der Waals surface area contributed by atoms with E-state index in [9.17, 15) is 9.59 Å². The Kier molecular flexibility index (Phi) is 4.76. The summed E-state index contributed by atoms with van der Waals surface area (Å²) < 4.78 is 11.0. The van der Waals surface area contributed by atoms with Crippen LogP contribution >= 0.6 is 0 Å². The average Bonchev–Trinajstić information content (AvgIpc) is 3.13. The van der Waals surface area contributed by atoms with E-state index in [4.69, 9.17) is 9.47 Å². The van der Waals surface area contributed by atoms with Gasteiger partial charge in [-0.25, -0.2) is 0 Å². The molecule has 0 aromatic heterocycles. The van der Waals surface area contributed by atoms with Crippen LogP contribution in [0.1, 0.15) is 46.6 Å². The van der Waals surface area contributed by atoms with Gasteiger partial charge in [0.2, 0.25) is 0 Å². The molecule has 1 heterocycles. The summed E-state index contributed by atoms with van der Waals surface area (Å²) in [6.07, 6.45) is 1.54. The highest BCUT2D eigenvalue weighted by Crippen LogP contribution is 2.60. The number of hydrogen-bond donors (Lipinski definition) is 0. The van der Waals surface area contributed by atoms with Crippen LogP contribution in [0, 0.1) is 11.8 Å². The Morgan fingerprint density at radius 1 is 0.824 bits per heavy atom. The average molecular weight is 453 g/mol. The van der Waals surface area contributed by atoms with Gasteiger partial charge in [-0.15, -0.1) is 0 Å². The van der Waals surface area contributed by atoms with E-state index in [1.807, 2.05) is 37.3 Å². The standard InChI is InChI=1S/C28H24N2O4/c1-3-34-22-14-16(12-13-21(22)33-2)15-29-30-27(31)25-23-17-8-4-5-9-18(17)24(26(25)28(30)32)20-11-7-6-10-19(20)23/h4-15,23-26H,3H2,1-2H3/b29-15-/t23?,24?,25-,26-/m0/s1. The first-order valence-electron chi connectivity index (χ1n) is 11.5. The topological polar surface area (TPSA) is 68.2 Å². The molecule has 3 aliphatic carbocycles. The second-order valence-electron chi connectivity index (χ2n) is 8.84. The van der Waals surface area contributed by atoms with E-state index in [-0.39, 0.29) is 23.7 Å². The fourth-order valence-electron chi connectivity index (χ4n) is 5.94. The summed E-state index contributed by atoms with van der Waals surface area (Å²) in [5, 5.41) is 5.45. The third-order valence-electron chi connectivity index (χ3n) is 7.24. The van der Waals surface area contributed by atoms with E-state index in [1.165, 1.54) is 6.21 Å². The Labute approximate surface area is 197 Å². The summed E-state index contributed by atoms with van der Waals surface area (Å²) in [4.78, 5) is 27.2. The third-order valence-corrected chi connectivity index (χ3v) is 7.24. The highest BCUT2D eigenvalue weighted by atomic mass is 16.5. The minimum Gasteiger partial charge on any atom is -0.493 e. The molecule has 0 N–H and O–H groups in total. The van der Waals surface area contributed by atoms with Crippen molar-refractivity contribution in [2.75, 3.05) is 13.7 Å². The summed E-state index contributed by atoms with van der Waals surface area (Å²) in [6, 6.07) is 21.8. The van der Waals surface area contributed by atoms with Crippen LogP contribution in [0.2, 0.25) is 0 Å². The van der Waals surface area contributed by atoms with Gasteiger partial charge < -0.3 is 9.47 Å². The molecule has 1 fully saturated rings. The van der Waals surface area contributed by atoms with Gasteiger partial charge in [0.15, 0.2) is 11.5 Å². The second-order valence-corrected chi connectivity index (χ2v) is 8.84. The normalized spacial score (nSPS) is 24.2. The Morgan fingerprint density at radius 3 is 1.82 bits per heavy atom. The number of benzene rings is 3. The third kappa shape index (κ3) is 2.84. The Hall–Kier alpha value is -3.93. The second kappa shape index (κ2) is 7.83. The van der Waals surface area contributed by atoms with Gasteiger partial charge in [0.1, 0.15) is 0 Å². The summed E-state index contributed by atoms with van der Waals surface area (Å²) in [5.74, 6) is -0.401. The van der Waals surface area contributed by atoms with Crippen LogP contribution in [0.25, 0.3) is 0 Å². The van der Waals surface area contributed by atoms with Crippen molar-refractivity contribution in [2.24, 2.45) is 16.9 Å². The number of imide groups is 1. The smallest absolute Gasteiger partial charge is 0.254 e.